The van der Waals surface area contributed by atoms with Crippen LogP contribution in [0.5, 0.6) is 11.5 Å². The SMILES string of the molecule is NC(=O)C[C@@H](c1cccc(OC(F)F)c1)c1oc(CN2CCCCC2)cc(=O)c1O. The van der Waals surface area contributed by atoms with E-state index < -0.39 is 29.6 Å². The number of hydrogen-bond donors (Lipinski definition) is 2. The fourth-order valence-electron chi connectivity index (χ4n) is 3.68. The Labute approximate surface area is 172 Å². The van der Waals surface area contributed by atoms with E-state index >= 15 is 0 Å². The van der Waals surface area contributed by atoms with Gasteiger partial charge in [0.2, 0.25) is 17.1 Å². The number of ether oxygens (including phenoxy) is 1. The molecule has 1 aromatic carbocycles. The van der Waals surface area contributed by atoms with Crippen LogP contribution in [-0.4, -0.2) is 35.6 Å². The third-order valence-corrected chi connectivity index (χ3v) is 5.04. The number of hydrogen-bond acceptors (Lipinski definition) is 6. The maximum Gasteiger partial charge on any atom is 0.387 e. The van der Waals surface area contributed by atoms with E-state index in [9.17, 15) is 23.5 Å². The summed E-state index contributed by atoms with van der Waals surface area (Å²) in [5.74, 6) is -2.17. The molecule has 1 aliphatic rings. The van der Waals surface area contributed by atoms with Crippen molar-refractivity contribution in [3.63, 3.8) is 0 Å². The fourth-order valence-corrected chi connectivity index (χ4v) is 3.68. The molecule has 30 heavy (non-hydrogen) atoms. The Hall–Kier alpha value is -2.94. The number of likely N-dealkylation sites (tertiary alicyclic amines) is 1. The molecule has 0 bridgehead atoms. The van der Waals surface area contributed by atoms with Gasteiger partial charge >= 0.3 is 6.61 Å². The highest BCUT2D eigenvalue weighted by Crippen LogP contribution is 2.34. The van der Waals surface area contributed by atoms with Crippen LogP contribution in [0.15, 0.2) is 39.5 Å². The molecule has 162 valence electrons. The molecular formula is C21H24F2N2O5. The highest BCUT2D eigenvalue weighted by Gasteiger charge is 2.26. The number of rotatable bonds is 8. The summed E-state index contributed by atoms with van der Waals surface area (Å²) in [4.78, 5) is 26.2. The molecule has 1 saturated heterocycles. The Morgan fingerprint density at radius 2 is 1.97 bits per heavy atom. The Morgan fingerprint density at radius 3 is 2.63 bits per heavy atom. The highest BCUT2D eigenvalue weighted by atomic mass is 19.3. The minimum Gasteiger partial charge on any atom is -0.502 e. The van der Waals surface area contributed by atoms with Crippen molar-refractivity contribution in [2.45, 2.75) is 44.8 Å². The van der Waals surface area contributed by atoms with Crippen LogP contribution < -0.4 is 15.9 Å². The van der Waals surface area contributed by atoms with E-state index in [1.54, 1.807) is 6.07 Å². The van der Waals surface area contributed by atoms with Gasteiger partial charge in [-0.3, -0.25) is 14.5 Å². The molecule has 0 saturated carbocycles. The van der Waals surface area contributed by atoms with Crippen molar-refractivity contribution in [3.05, 3.63) is 57.6 Å². The summed E-state index contributed by atoms with van der Waals surface area (Å²) >= 11 is 0. The molecule has 0 radical (unpaired) electrons. The summed E-state index contributed by atoms with van der Waals surface area (Å²) in [6.07, 6.45) is 2.97. The number of nitrogens with zero attached hydrogens (tertiary/aromatic N) is 1. The third kappa shape index (κ3) is 5.56. The van der Waals surface area contributed by atoms with Crippen molar-refractivity contribution in [1.82, 2.24) is 4.90 Å². The Morgan fingerprint density at radius 1 is 1.23 bits per heavy atom. The van der Waals surface area contributed by atoms with Crippen LogP contribution >= 0.6 is 0 Å². The van der Waals surface area contributed by atoms with Crippen LogP contribution in [-0.2, 0) is 11.3 Å². The van der Waals surface area contributed by atoms with E-state index in [1.165, 1.54) is 24.3 Å². The average Bonchev–Trinajstić information content (AvgIpc) is 2.69. The number of carbonyl (C=O) groups is 1. The molecule has 1 amide bonds. The molecule has 2 aromatic rings. The van der Waals surface area contributed by atoms with Crippen molar-refractivity contribution < 1.29 is 27.8 Å². The largest absolute Gasteiger partial charge is 0.502 e. The van der Waals surface area contributed by atoms with Crippen LogP contribution in [0.4, 0.5) is 8.78 Å². The van der Waals surface area contributed by atoms with Gasteiger partial charge in [-0.05, 0) is 43.6 Å². The van der Waals surface area contributed by atoms with Crippen LogP contribution in [0.3, 0.4) is 0 Å². The van der Waals surface area contributed by atoms with Gasteiger partial charge in [-0.15, -0.1) is 0 Å². The number of amides is 1. The summed E-state index contributed by atoms with van der Waals surface area (Å²) in [6.45, 7) is -0.885. The fraction of sp³-hybridized carbons (Fsp3) is 0.429. The van der Waals surface area contributed by atoms with Crippen molar-refractivity contribution >= 4 is 5.91 Å². The minimum absolute atomic E-state index is 0.122. The summed E-state index contributed by atoms with van der Waals surface area (Å²) < 4.78 is 35.4. The number of carbonyl (C=O) groups excluding carboxylic acids is 1. The van der Waals surface area contributed by atoms with Crippen molar-refractivity contribution in [2.75, 3.05) is 13.1 Å². The summed E-state index contributed by atoms with van der Waals surface area (Å²) in [6, 6.07) is 6.89. The first kappa shape index (κ1) is 21.8. The molecule has 3 N–H and O–H groups in total. The zero-order chi connectivity index (χ0) is 21.7. The van der Waals surface area contributed by atoms with E-state index in [4.69, 9.17) is 10.2 Å². The second-order valence-electron chi connectivity index (χ2n) is 7.30. The van der Waals surface area contributed by atoms with Gasteiger partial charge in [-0.2, -0.15) is 8.78 Å². The molecule has 0 unspecified atom stereocenters. The molecule has 0 spiro atoms. The van der Waals surface area contributed by atoms with E-state index in [0.717, 1.165) is 32.4 Å². The molecular weight excluding hydrogens is 398 g/mol. The van der Waals surface area contributed by atoms with Crippen molar-refractivity contribution in [2.24, 2.45) is 5.73 Å². The second-order valence-corrected chi connectivity index (χ2v) is 7.30. The smallest absolute Gasteiger partial charge is 0.387 e. The van der Waals surface area contributed by atoms with Crippen molar-refractivity contribution in [3.8, 4) is 11.5 Å². The van der Waals surface area contributed by atoms with Crippen LogP contribution in [0.2, 0.25) is 0 Å². The van der Waals surface area contributed by atoms with Crippen molar-refractivity contribution in [1.29, 1.82) is 0 Å². The van der Waals surface area contributed by atoms with Gasteiger partial charge in [0.25, 0.3) is 0 Å². The zero-order valence-corrected chi connectivity index (χ0v) is 16.4. The lowest BCUT2D eigenvalue weighted by Crippen LogP contribution is -2.29. The number of aromatic hydroxyl groups is 1. The van der Waals surface area contributed by atoms with Gasteiger partial charge in [-0.25, -0.2) is 0 Å². The average molecular weight is 422 g/mol. The first-order valence-corrected chi connectivity index (χ1v) is 9.75. The normalized spacial score (nSPS) is 15.8. The second kappa shape index (κ2) is 9.71. The number of primary amides is 1. The van der Waals surface area contributed by atoms with Gasteiger partial charge in [0.05, 0.1) is 12.5 Å². The molecule has 9 heteroatoms. The minimum atomic E-state index is -3.02. The Kier molecular flexibility index (Phi) is 7.04. The summed E-state index contributed by atoms with van der Waals surface area (Å²) in [7, 11) is 0. The number of piperidine rings is 1. The standard InChI is InChI=1S/C21H24F2N2O5/c22-21(23)30-14-6-4-5-13(9-14)16(11-18(24)27)20-19(28)17(26)10-15(29-20)12-25-7-2-1-3-8-25/h4-6,9-10,16,21,28H,1-3,7-8,11-12H2,(H2,24,27)/t16-/m0/s1. The van der Waals surface area contributed by atoms with E-state index in [0.29, 0.717) is 17.9 Å². The number of halogens is 2. The molecule has 0 aliphatic carbocycles. The molecule has 3 rings (SSSR count). The van der Waals surface area contributed by atoms with Gasteiger partial charge in [0.15, 0.2) is 5.76 Å². The Balaban J connectivity index is 1.99. The van der Waals surface area contributed by atoms with E-state index in [2.05, 4.69) is 9.64 Å². The van der Waals surface area contributed by atoms with E-state index in [1.807, 2.05) is 0 Å². The van der Waals surface area contributed by atoms with Crippen LogP contribution in [0.25, 0.3) is 0 Å². The van der Waals surface area contributed by atoms with E-state index in [-0.39, 0.29) is 17.9 Å². The van der Waals surface area contributed by atoms with Gasteiger partial charge in [-0.1, -0.05) is 18.6 Å². The maximum absolute atomic E-state index is 12.6. The summed E-state index contributed by atoms with van der Waals surface area (Å²) in [5.41, 5.74) is 5.07. The quantitative estimate of drug-likeness (QED) is 0.678. The first-order chi connectivity index (χ1) is 14.3. The predicted molar refractivity (Wildman–Crippen MR) is 104 cm³/mol. The zero-order valence-electron chi connectivity index (χ0n) is 16.4. The molecule has 1 aromatic heterocycles. The Bertz CT molecular complexity index is 941. The summed E-state index contributed by atoms with van der Waals surface area (Å²) in [5, 5.41) is 10.4. The molecule has 1 fully saturated rings. The number of benzene rings is 1. The van der Waals surface area contributed by atoms with Crippen LogP contribution in [0.1, 0.15) is 48.7 Å². The molecule has 2 heterocycles. The monoisotopic (exact) mass is 422 g/mol. The predicted octanol–water partition coefficient (Wildman–Crippen LogP) is 2.94. The lowest BCUT2D eigenvalue weighted by molar-refractivity contribution is -0.118. The van der Waals surface area contributed by atoms with Gasteiger partial charge in [0, 0.05) is 12.5 Å². The first-order valence-electron chi connectivity index (χ1n) is 9.75. The topological polar surface area (TPSA) is 106 Å². The van der Waals surface area contributed by atoms with Gasteiger partial charge < -0.3 is 20.0 Å². The highest BCUT2D eigenvalue weighted by molar-refractivity contribution is 5.75. The number of nitrogens with two attached hydrogens (primary N) is 1. The molecule has 1 aliphatic heterocycles. The molecule has 1 atom stereocenters. The third-order valence-electron chi connectivity index (χ3n) is 5.04. The maximum atomic E-state index is 12.6. The lowest BCUT2D eigenvalue weighted by atomic mass is 9.91. The number of alkyl halides is 2. The van der Waals surface area contributed by atoms with Crippen LogP contribution in [0, 0.1) is 0 Å². The van der Waals surface area contributed by atoms with Gasteiger partial charge in [0.1, 0.15) is 11.5 Å². The lowest BCUT2D eigenvalue weighted by Gasteiger charge is -2.26. The molecule has 7 nitrogen and oxygen atoms in total.